The topological polar surface area (TPSA) is 76.1 Å². The Morgan fingerprint density at radius 3 is 2.94 bits per heavy atom. The van der Waals surface area contributed by atoms with Gasteiger partial charge in [0.05, 0.1) is 18.7 Å². The van der Waals surface area contributed by atoms with Gasteiger partial charge in [0.2, 0.25) is 0 Å². The molecule has 1 aromatic rings. The molecule has 0 fully saturated rings. The highest BCUT2D eigenvalue weighted by molar-refractivity contribution is 7.98. The first-order valence-electron chi connectivity index (χ1n) is 5.18. The van der Waals surface area contributed by atoms with Crippen LogP contribution in [-0.2, 0) is 15.3 Å². The van der Waals surface area contributed by atoms with Crippen LogP contribution in [0.3, 0.4) is 0 Å². The Morgan fingerprint density at radius 2 is 2.39 bits per heavy atom. The molecule has 0 aromatic heterocycles. The normalized spacial score (nSPS) is 11.7. The smallest absolute Gasteiger partial charge is 0.323 e. The van der Waals surface area contributed by atoms with Crippen molar-refractivity contribution in [1.82, 2.24) is 0 Å². The van der Waals surface area contributed by atoms with Crippen LogP contribution in [0.15, 0.2) is 18.2 Å². The van der Waals surface area contributed by atoms with E-state index >= 15 is 0 Å². The van der Waals surface area contributed by atoms with Gasteiger partial charge in [0.1, 0.15) is 11.9 Å². The maximum absolute atomic E-state index is 13.5. The zero-order valence-electron chi connectivity index (χ0n) is 9.85. The Balaban J connectivity index is 2.50. The molecule has 96 valence electrons. The summed E-state index contributed by atoms with van der Waals surface area (Å²) in [6, 6.07) is 5.46. The highest BCUT2D eigenvalue weighted by Crippen LogP contribution is 2.17. The molecule has 0 aliphatic carbocycles. The molecule has 0 spiro atoms. The van der Waals surface area contributed by atoms with Crippen molar-refractivity contribution in [3.8, 4) is 6.07 Å². The molecular weight excluding hydrogens is 255 g/mol. The summed E-state index contributed by atoms with van der Waals surface area (Å²) in [5.74, 6) is -0.162. The van der Waals surface area contributed by atoms with Crippen molar-refractivity contribution in [1.29, 1.82) is 5.26 Å². The van der Waals surface area contributed by atoms with Crippen LogP contribution in [0, 0.1) is 17.1 Å². The van der Waals surface area contributed by atoms with E-state index in [0.717, 1.165) is 0 Å². The molecule has 0 bridgehead atoms. The maximum Gasteiger partial charge on any atom is 0.323 e. The van der Waals surface area contributed by atoms with Crippen molar-refractivity contribution in [3.05, 3.63) is 35.1 Å². The van der Waals surface area contributed by atoms with Crippen molar-refractivity contribution in [3.63, 3.8) is 0 Å². The molecule has 0 amide bonds. The number of rotatable bonds is 5. The molecule has 0 saturated carbocycles. The van der Waals surface area contributed by atoms with Gasteiger partial charge in [-0.1, -0.05) is 6.07 Å². The van der Waals surface area contributed by atoms with Crippen LogP contribution >= 0.6 is 11.8 Å². The number of esters is 1. The van der Waals surface area contributed by atoms with Gasteiger partial charge in [0.25, 0.3) is 0 Å². The number of methoxy groups -OCH3 is 1. The number of nitrogens with zero attached hydrogens (tertiary/aromatic N) is 1. The standard InChI is InChI=1S/C12H13FN2O2S/c1-17-12(16)11(15)7-18-6-9-3-2-8(5-14)4-10(9)13/h2-4,11H,6-7,15H2,1H3. The fraction of sp³-hybridized carbons (Fsp3) is 0.333. The van der Waals surface area contributed by atoms with Crippen molar-refractivity contribution < 1.29 is 13.9 Å². The molecule has 18 heavy (non-hydrogen) atoms. The highest BCUT2D eigenvalue weighted by atomic mass is 32.2. The van der Waals surface area contributed by atoms with Gasteiger partial charge in [-0.2, -0.15) is 17.0 Å². The minimum atomic E-state index is -0.707. The van der Waals surface area contributed by atoms with E-state index in [1.807, 2.05) is 6.07 Å². The third kappa shape index (κ3) is 4.02. The van der Waals surface area contributed by atoms with Gasteiger partial charge < -0.3 is 10.5 Å². The quantitative estimate of drug-likeness (QED) is 0.817. The van der Waals surface area contributed by atoms with E-state index in [1.165, 1.54) is 24.9 Å². The molecule has 2 N–H and O–H groups in total. The van der Waals surface area contributed by atoms with E-state index in [-0.39, 0.29) is 5.56 Å². The third-order valence-electron chi connectivity index (χ3n) is 2.24. The fourth-order valence-electron chi connectivity index (χ4n) is 1.25. The molecule has 1 rings (SSSR count). The Kier molecular flexibility index (Phi) is 5.62. The average molecular weight is 268 g/mol. The summed E-state index contributed by atoms with van der Waals surface area (Å²) in [6.07, 6.45) is 0. The number of nitriles is 1. The first-order valence-corrected chi connectivity index (χ1v) is 6.33. The fourth-order valence-corrected chi connectivity index (χ4v) is 2.21. The summed E-state index contributed by atoms with van der Waals surface area (Å²) in [7, 11) is 1.27. The number of benzene rings is 1. The minimum absolute atomic E-state index is 0.285. The Bertz CT molecular complexity index is 474. The third-order valence-corrected chi connectivity index (χ3v) is 3.35. The summed E-state index contributed by atoms with van der Waals surface area (Å²) < 4.78 is 18.0. The van der Waals surface area contributed by atoms with E-state index in [2.05, 4.69) is 4.74 Å². The molecule has 1 unspecified atom stereocenters. The van der Waals surface area contributed by atoms with Crippen LogP contribution < -0.4 is 5.73 Å². The van der Waals surface area contributed by atoms with E-state index in [4.69, 9.17) is 11.0 Å². The van der Waals surface area contributed by atoms with Crippen molar-refractivity contribution in [2.45, 2.75) is 11.8 Å². The molecule has 0 aliphatic rings. The number of hydrogen-bond donors (Lipinski definition) is 1. The van der Waals surface area contributed by atoms with Crippen LogP contribution in [-0.4, -0.2) is 24.9 Å². The van der Waals surface area contributed by atoms with Crippen LogP contribution in [0.4, 0.5) is 4.39 Å². The average Bonchev–Trinajstić information content (AvgIpc) is 2.39. The second kappa shape index (κ2) is 6.99. The first-order chi connectivity index (χ1) is 8.58. The van der Waals surface area contributed by atoms with Crippen molar-refractivity contribution in [2.24, 2.45) is 5.73 Å². The summed E-state index contributed by atoms with van der Waals surface area (Å²) in [4.78, 5) is 11.0. The van der Waals surface area contributed by atoms with Gasteiger partial charge in [-0.25, -0.2) is 4.39 Å². The number of thioether (sulfide) groups is 1. The molecular formula is C12H13FN2O2S. The van der Waals surface area contributed by atoms with Crippen LogP contribution in [0.25, 0.3) is 0 Å². The Hall–Kier alpha value is -1.58. The zero-order chi connectivity index (χ0) is 13.5. The molecule has 0 saturated heterocycles. The molecule has 0 heterocycles. The van der Waals surface area contributed by atoms with Crippen LogP contribution in [0.2, 0.25) is 0 Å². The number of carbonyl (C=O) groups is 1. The Morgan fingerprint density at radius 1 is 1.67 bits per heavy atom. The van der Waals surface area contributed by atoms with E-state index in [9.17, 15) is 9.18 Å². The maximum atomic E-state index is 13.5. The molecule has 0 radical (unpaired) electrons. The van der Waals surface area contributed by atoms with Gasteiger partial charge in [0.15, 0.2) is 0 Å². The summed E-state index contributed by atoms with van der Waals surface area (Å²) in [5.41, 5.74) is 6.31. The lowest BCUT2D eigenvalue weighted by Gasteiger charge is -2.09. The molecule has 1 aromatic carbocycles. The summed E-state index contributed by atoms with van der Waals surface area (Å²) in [5, 5.41) is 8.60. The van der Waals surface area contributed by atoms with E-state index in [1.54, 1.807) is 12.1 Å². The largest absolute Gasteiger partial charge is 0.468 e. The molecule has 1 atom stereocenters. The predicted octanol–water partition coefficient (Wildman–Crippen LogP) is 1.43. The summed E-state index contributed by atoms with van der Waals surface area (Å²) >= 11 is 1.34. The molecule has 6 heteroatoms. The van der Waals surface area contributed by atoms with Crippen molar-refractivity contribution >= 4 is 17.7 Å². The number of carbonyl (C=O) groups excluding carboxylic acids is 1. The number of halogens is 1. The van der Waals surface area contributed by atoms with E-state index < -0.39 is 17.8 Å². The highest BCUT2D eigenvalue weighted by Gasteiger charge is 2.13. The zero-order valence-corrected chi connectivity index (χ0v) is 10.7. The van der Waals surface area contributed by atoms with Crippen molar-refractivity contribution in [2.75, 3.05) is 12.9 Å². The number of ether oxygens (including phenoxy) is 1. The minimum Gasteiger partial charge on any atom is -0.468 e. The lowest BCUT2D eigenvalue weighted by Crippen LogP contribution is -2.33. The second-order valence-electron chi connectivity index (χ2n) is 3.56. The van der Waals surface area contributed by atoms with Gasteiger partial charge in [-0.3, -0.25) is 4.79 Å². The van der Waals surface area contributed by atoms with Gasteiger partial charge in [0, 0.05) is 11.5 Å². The SMILES string of the molecule is COC(=O)C(N)CSCc1ccc(C#N)cc1F. The summed E-state index contributed by atoms with van der Waals surface area (Å²) in [6.45, 7) is 0. The Labute approximate surface area is 109 Å². The monoisotopic (exact) mass is 268 g/mol. The van der Waals surface area contributed by atoms with Crippen LogP contribution in [0.1, 0.15) is 11.1 Å². The van der Waals surface area contributed by atoms with Crippen LogP contribution in [0.5, 0.6) is 0 Å². The predicted molar refractivity (Wildman–Crippen MR) is 67.3 cm³/mol. The second-order valence-corrected chi connectivity index (χ2v) is 4.59. The van der Waals surface area contributed by atoms with Gasteiger partial charge in [-0.15, -0.1) is 0 Å². The number of hydrogen-bond acceptors (Lipinski definition) is 5. The first kappa shape index (κ1) is 14.5. The van der Waals surface area contributed by atoms with Gasteiger partial charge in [-0.05, 0) is 17.7 Å². The van der Waals surface area contributed by atoms with Gasteiger partial charge >= 0.3 is 5.97 Å². The molecule has 4 nitrogen and oxygen atoms in total. The van der Waals surface area contributed by atoms with E-state index in [0.29, 0.717) is 17.1 Å². The lowest BCUT2D eigenvalue weighted by atomic mass is 10.1. The lowest BCUT2D eigenvalue weighted by molar-refractivity contribution is -0.141. The number of nitrogens with two attached hydrogens (primary N) is 1. The molecule has 0 aliphatic heterocycles.